The third-order valence-electron chi connectivity index (χ3n) is 3.39. The van der Waals surface area contributed by atoms with Crippen molar-refractivity contribution in [3.05, 3.63) is 59.2 Å². The average molecular weight is 239 g/mol. The van der Waals surface area contributed by atoms with Crippen LogP contribution < -0.4 is 0 Å². The van der Waals surface area contributed by atoms with Crippen LogP contribution in [0.25, 0.3) is 0 Å². The summed E-state index contributed by atoms with van der Waals surface area (Å²) in [4.78, 5) is 11.3. The molecular weight excluding hydrogens is 222 g/mol. The van der Waals surface area contributed by atoms with Crippen molar-refractivity contribution in [3.8, 4) is 0 Å². The largest absolute Gasteiger partial charge is 0.293 e. The Balaban J connectivity index is 1.75. The first kappa shape index (κ1) is 11.4. The Hall–Kier alpha value is -1.74. The molecule has 18 heavy (non-hydrogen) atoms. The van der Waals surface area contributed by atoms with Crippen molar-refractivity contribution in [1.29, 1.82) is 0 Å². The van der Waals surface area contributed by atoms with Gasteiger partial charge in [-0.2, -0.15) is 0 Å². The Kier molecular flexibility index (Phi) is 3.07. The van der Waals surface area contributed by atoms with E-state index in [4.69, 9.17) is 0 Å². The number of aromatic nitrogens is 2. The predicted molar refractivity (Wildman–Crippen MR) is 71.0 cm³/mol. The van der Waals surface area contributed by atoms with E-state index < -0.39 is 0 Å². The normalized spacial score (nSPS) is 15.4. The third-order valence-corrected chi connectivity index (χ3v) is 3.39. The van der Waals surface area contributed by atoms with Gasteiger partial charge in [0.05, 0.1) is 5.69 Å². The molecule has 1 aliphatic heterocycles. The van der Waals surface area contributed by atoms with E-state index in [0.717, 1.165) is 31.9 Å². The summed E-state index contributed by atoms with van der Waals surface area (Å²) in [6.07, 6.45) is 3.04. The van der Waals surface area contributed by atoms with Crippen LogP contribution >= 0.6 is 0 Å². The number of rotatable bonds is 2. The van der Waals surface area contributed by atoms with E-state index in [1.165, 1.54) is 16.8 Å². The van der Waals surface area contributed by atoms with Crippen LogP contribution in [-0.4, -0.2) is 21.4 Å². The summed E-state index contributed by atoms with van der Waals surface area (Å²) in [5.74, 6) is 0.871. The van der Waals surface area contributed by atoms with Crippen molar-refractivity contribution >= 4 is 0 Å². The second-order valence-electron chi connectivity index (χ2n) is 4.84. The van der Waals surface area contributed by atoms with Crippen LogP contribution in [0, 0.1) is 6.92 Å². The van der Waals surface area contributed by atoms with Crippen LogP contribution in [0.1, 0.15) is 22.6 Å². The second-order valence-corrected chi connectivity index (χ2v) is 4.84. The molecule has 0 atom stereocenters. The quantitative estimate of drug-likeness (QED) is 0.805. The summed E-state index contributed by atoms with van der Waals surface area (Å²) < 4.78 is 0. The number of fused-ring (bicyclic) bond motifs is 1. The molecule has 0 saturated heterocycles. The van der Waals surface area contributed by atoms with Crippen LogP contribution in [0.4, 0.5) is 0 Å². The summed E-state index contributed by atoms with van der Waals surface area (Å²) >= 11 is 0. The summed E-state index contributed by atoms with van der Waals surface area (Å²) in [6, 6.07) is 10.6. The Morgan fingerprint density at radius 2 is 2.06 bits per heavy atom. The molecule has 0 aliphatic carbocycles. The fourth-order valence-electron chi connectivity index (χ4n) is 2.43. The molecule has 3 nitrogen and oxygen atoms in total. The molecule has 92 valence electrons. The van der Waals surface area contributed by atoms with E-state index in [2.05, 4.69) is 45.2 Å². The van der Waals surface area contributed by atoms with Gasteiger partial charge in [0.15, 0.2) is 0 Å². The molecule has 0 saturated carbocycles. The van der Waals surface area contributed by atoms with Crippen molar-refractivity contribution in [2.75, 3.05) is 6.54 Å². The lowest BCUT2D eigenvalue weighted by molar-refractivity contribution is 0.241. The maximum atomic E-state index is 4.55. The summed E-state index contributed by atoms with van der Waals surface area (Å²) in [7, 11) is 0. The first-order valence-corrected chi connectivity index (χ1v) is 6.39. The maximum Gasteiger partial charge on any atom is 0.125 e. The molecule has 0 bridgehead atoms. The zero-order chi connectivity index (χ0) is 12.4. The van der Waals surface area contributed by atoms with E-state index in [1.807, 2.05) is 13.1 Å². The first-order valence-electron chi connectivity index (χ1n) is 6.39. The molecule has 2 aromatic rings. The molecule has 1 aliphatic rings. The van der Waals surface area contributed by atoms with Gasteiger partial charge in [-0.15, -0.1) is 0 Å². The minimum absolute atomic E-state index is 0.871. The van der Waals surface area contributed by atoms with Gasteiger partial charge in [0.25, 0.3) is 0 Å². The molecule has 1 aromatic carbocycles. The van der Waals surface area contributed by atoms with Gasteiger partial charge in [-0.25, -0.2) is 9.97 Å². The van der Waals surface area contributed by atoms with Gasteiger partial charge in [-0.3, -0.25) is 4.90 Å². The highest BCUT2D eigenvalue weighted by molar-refractivity contribution is 5.21. The van der Waals surface area contributed by atoms with Crippen LogP contribution in [-0.2, 0) is 19.5 Å². The van der Waals surface area contributed by atoms with Crippen LogP contribution in [0.5, 0.6) is 0 Å². The van der Waals surface area contributed by atoms with Gasteiger partial charge in [0.2, 0.25) is 0 Å². The van der Waals surface area contributed by atoms with Crippen molar-refractivity contribution in [1.82, 2.24) is 14.9 Å². The number of aryl methyl sites for hydroxylation is 1. The number of nitrogens with zero attached hydrogens (tertiary/aromatic N) is 3. The molecular formula is C15H17N3. The predicted octanol–water partition coefficient (Wildman–Crippen LogP) is 2.34. The van der Waals surface area contributed by atoms with Gasteiger partial charge in [0, 0.05) is 25.8 Å². The van der Waals surface area contributed by atoms with Crippen LogP contribution in [0.2, 0.25) is 0 Å². The Bertz CT molecular complexity index is 537. The smallest absolute Gasteiger partial charge is 0.125 e. The highest BCUT2D eigenvalue weighted by Crippen LogP contribution is 2.18. The molecule has 0 spiro atoms. The lowest BCUT2D eigenvalue weighted by Crippen LogP contribution is -2.31. The van der Waals surface area contributed by atoms with Gasteiger partial charge in [-0.1, -0.05) is 30.3 Å². The summed E-state index contributed by atoms with van der Waals surface area (Å²) in [5, 5.41) is 0. The average Bonchev–Trinajstić information content (AvgIpc) is 2.39. The molecule has 3 rings (SSSR count). The molecule has 0 unspecified atom stereocenters. The highest BCUT2D eigenvalue weighted by atomic mass is 15.1. The van der Waals surface area contributed by atoms with Crippen LogP contribution in [0.3, 0.4) is 0 Å². The third kappa shape index (κ3) is 2.41. The fourth-order valence-corrected chi connectivity index (χ4v) is 2.43. The van der Waals surface area contributed by atoms with Crippen molar-refractivity contribution in [2.45, 2.75) is 26.4 Å². The molecule has 3 heteroatoms. The lowest BCUT2D eigenvalue weighted by atomic mass is 10.1. The van der Waals surface area contributed by atoms with Gasteiger partial charge >= 0.3 is 0 Å². The molecule has 0 N–H and O–H groups in total. The fraction of sp³-hybridized carbons (Fsp3) is 0.333. The number of hydrogen-bond donors (Lipinski definition) is 0. The minimum atomic E-state index is 0.871. The van der Waals surface area contributed by atoms with Crippen molar-refractivity contribution < 1.29 is 0 Å². The van der Waals surface area contributed by atoms with Gasteiger partial charge < -0.3 is 0 Å². The van der Waals surface area contributed by atoms with E-state index in [0.29, 0.717) is 0 Å². The summed E-state index contributed by atoms with van der Waals surface area (Å²) in [5.41, 5.74) is 3.88. The molecule has 0 fully saturated rings. The SMILES string of the molecule is Cc1ncc2c(n1)CN(Cc1ccccc1)CC2. The monoisotopic (exact) mass is 239 g/mol. The van der Waals surface area contributed by atoms with E-state index in [-0.39, 0.29) is 0 Å². The zero-order valence-electron chi connectivity index (χ0n) is 10.6. The number of benzene rings is 1. The van der Waals surface area contributed by atoms with Gasteiger partial charge in [0.1, 0.15) is 5.82 Å². The molecule has 0 amide bonds. The number of hydrogen-bond acceptors (Lipinski definition) is 3. The van der Waals surface area contributed by atoms with Gasteiger partial charge in [-0.05, 0) is 24.5 Å². The Morgan fingerprint density at radius 1 is 1.22 bits per heavy atom. The standard InChI is InChI=1S/C15H17N3/c1-12-16-9-14-7-8-18(11-15(14)17-12)10-13-5-3-2-4-6-13/h2-6,9H,7-8,10-11H2,1H3. The maximum absolute atomic E-state index is 4.55. The zero-order valence-corrected chi connectivity index (χ0v) is 10.6. The molecule has 0 radical (unpaired) electrons. The van der Waals surface area contributed by atoms with E-state index in [9.17, 15) is 0 Å². The Morgan fingerprint density at radius 3 is 2.89 bits per heavy atom. The molecule has 2 heterocycles. The van der Waals surface area contributed by atoms with E-state index >= 15 is 0 Å². The topological polar surface area (TPSA) is 29.0 Å². The summed E-state index contributed by atoms with van der Waals surface area (Å²) in [6.45, 7) is 4.99. The first-order chi connectivity index (χ1) is 8.81. The lowest BCUT2D eigenvalue weighted by Gasteiger charge is -2.27. The molecule has 1 aromatic heterocycles. The Labute approximate surface area is 108 Å². The highest BCUT2D eigenvalue weighted by Gasteiger charge is 2.17. The van der Waals surface area contributed by atoms with Crippen LogP contribution in [0.15, 0.2) is 36.5 Å². The second kappa shape index (κ2) is 4.86. The van der Waals surface area contributed by atoms with Crippen molar-refractivity contribution in [3.63, 3.8) is 0 Å². The van der Waals surface area contributed by atoms with Crippen molar-refractivity contribution in [2.24, 2.45) is 0 Å². The van der Waals surface area contributed by atoms with E-state index in [1.54, 1.807) is 0 Å². The minimum Gasteiger partial charge on any atom is -0.293 e.